The van der Waals surface area contributed by atoms with Crippen molar-refractivity contribution in [3.63, 3.8) is 0 Å². The average molecular weight is 281 g/mol. The molecule has 112 valence electrons. The minimum Gasteiger partial charge on any atom is -0.349 e. The first-order valence-electron chi connectivity index (χ1n) is 7.21. The van der Waals surface area contributed by atoms with Gasteiger partial charge in [-0.1, -0.05) is 13.8 Å². The van der Waals surface area contributed by atoms with E-state index in [1.165, 1.54) is 12.3 Å². The van der Waals surface area contributed by atoms with Crippen LogP contribution in [0.3, 0.4) is 0 Å². The molecule has 0 fully saturated rings. The number of hydrogen-bond donors (Lipinski definition) is 1. The van der Waals surface area contributed by atoms with Gasteiger partial charge in [0.15, 0.2) is 5.82 Å². The third-order valence-corrected chi connectivity index (χ3v) is 3.40. The van der Waals surface area contributed by atoms with Gasteiger partial charge in [0, 0.05) is 12.2 Å². The van der Waals surface area contributed by atoms with E-state index < -0.39 is 5.82 Å². The Morgan fingerprint density at radius 3 is 2.75 bits per heavy atom. The summed E-state index contributed by atoms with van der Waals surface area (Å²) in [6.07, 6.45) is 4.37. The minimum absolute atomic E-state index is 0.0330. The van der Waals surface area contributed by atoms with Crippen molar-refractivity contribution in [1.82, 2.24) is 15.2 Å². The van der Waals surface area contributed by atoms with Gasteiger partial charge in [-0.05, 0) is 45.5 Å². The molecule has 1 N–H and O–H groups in total. The maximum atomic E-state index is 13.4. The largest absolute Gasteiger partial charge is 0.349 e. The topological polar surface area (TPSA) is 45.2 Å². The second kappa shape index (κ2) is 8.64. The molecule has 0 radical (unpaired) electrons. The Balaban J connectivity index is 2.37. The van der Waals surface area contributed by atoms with Crippen LogP contribution in [0.5, 0.6) is 0 Å². The van der Waals surface area contributed by atoms with Crippen LogP contribution in [0.1, 0.15) is 44.0 Å². The van der Waals surface area contributed by atoms with Crippen LogP contribution in [0.2, 0.25) is 0 Å². The second-order valence-corrected chi connectivity index (χ2v) is 4.90. The summed E-state index contributed by atoms with van der Waals surface area (Å²) in [4.78, 5) is 17.9. The van der Waals surface area contributed by atoms with Gasteiger partial charge in [0.1, 0.15) is 0 Å². The minimum atomic E-state index is -0.583. The number of rotatable bonds is 8. The smallest absolute Gasteiger partial charge is 0.254 e. The van der Waals surface area contributed by atoms with Gasteiger partial charge in [0.25, 0.3) is 5.91 Å². The predicted octanol–water partition coefficient (Wildman–Crippen LogP) is 2.46. The van der Waals surface area contributed by atoms with Gasteiger partial charge in [-0.25, -0.2) is 4.39 Å². The number of carbonyl (C=O) groups excluding carboxylic acids is 1. The van der Waals surface area contributed by atoms with Crippen molar-refractivity contribution in [3.8, 4) is 0 Å². The molecule has 0 aromatic carbocycles. The number of amides is 1. The molecule has 1 rings (SSSR count). The Kier molecular flexibility index (Phi) is 7.15. The van der Waals surface area contributed by atoms with Crippen molar-refractivity contribution in [2.75, 3.05) is 19.6 Å². The fraction of sp³-hybridized carbons (Fsp3) is 0.600. The van der Waals surface area contributed by atoms with Crippen LogP contribution in [0.15, 0.2) is 18.5 Å². The van der Waals surface area contributed by atoms with E-state index in [1.54, 1.807) is 0 Å². The number of carbonyl (C=O) groups is 1. The summed E-state index contributed by atoms with van der Waals surface area (Å²) in [5.74, 6) is -0.958. The van der Waals surface area contributed by atoms with Gasteiger partial charge in [-0.15, -0.1) is 0 Å². The van der Waals surface area contributed by atoms with Crippen LogP contribution in [-0.2, 0) is 0 Å². The number of hydrogen-bond acceptors (Lipinski definition) is 3. The van der Waals surface area contributed by atoms with Gasteiger partial charge in [0.2, 0.25) is 0 Å². The Morgan fingerprint density at radius 2 is 2.15 bits per heavy atom. The highest BCUT2D eigenvalue weighted by molar-refractivity contribution is 5.94. The lowest BCUT2D eigenvalue weighted by Crippen LogP contribution is -2.34. The van der Waals surface area contributed by atoms with Crippen molar-refractivity contribution in [2.45, 2.75) is 39.7 Å². The normalized spacial score (nSPS) is 12.4. The van der Waals surface area contributed by atoms with E-state index in [1.807, 2.05) is 6.92 Å². The van der Waals surface area contributed by atoms with E-state index >= 15 is 0 Å². The molecule has 1 aromatic rings. The average Bonchev–Trinajstić information content (AvgIpc) is 2.44. The summed E-state index contributed by atoms with van der Waals surface area (Å²) in [5.41, 5.74) is 0.0515. The number of nitrogens with one attached hydrogen (secondary N) is 1. The molecule has 0 aliphatic carbocycles. The quantitative estimate of drug-likeness (QED) is 0.796. The fourth-order valence-electron chi connectivity index (χ4n) is 2.09. The van der Waals surface area contributed by atoms with Gasteiger partial charge in [0.05, 0.1) is 11.8 Å². The van der Waals surface area contributed by atoms with Crippen molar-refractivity contribution in [1.29, 1.82) is 0 Å². The Labute approximate surface area is 120 Å². The summed E-state index contributed by atoms with van der Waals surface area (Å²) < 4.78 is 13.4. The predicted molar refractivity (Wildman–Crippen MR) is 78.1 cm³/mol. The molecule has 4 nitrogen and oxygen atoms in total. The highest BCUT2D eigenvalue weighted by Gasteiger charge is 2.13. The molecule has 1 heterocycles. The summed E-state index contributed by atoms with van der Waals surface area (Å²) >= 11 is 0. The molecule has 1 unspecified atom stereocenters. The maximum absolute atomic E-state index is 13.4. The van der Waals surface area contributed by atoms with E-state index in [0.29, 0.717) is 0 Å². The number of nitrogens with zero attached hydrogens (tertiary/aromatic N) is 2. The molecular formula is C15H24FN3O. The molecule has 0 saturated carbocycles. The lowest BCUT2D eigenvalue weighted by molar-refractivity contribution is 0.0933. The van der Waals surface area contributed by atoms with Crippen LogP contribution in [0.4, 0.5) is 4.39 Å². The van der Waals surface area contributed by atoms with Crippen LogP contribution in [0, 0.1) is 5.82 Å². The molecule has 20 heavy (non-hydrogen) atoms. The molecule has 1 amide bonds. The van der Waals surface area contributed by atoms with E-state index in [9.17, 15) is 9.18 Å². The summed E-state index contributed by atoms with van der Waals surface area (Å²) in [7, 11) is 0. The molecule has 0 aliphatic rings. The van der Waals surface area contributed by atoms with E-state index in [2.05, 4.69) is 29.0 Å². The lowest BCUT2D eigenvalue weighted by Gasteiger charge is -2.19. The third kappa shape index (κ3) is 5.25. The molecule has 0 saturated heterocycles. The number of aromatic nitrogens is 1. The standard InChI is InChI=1S/C15H24FN3O/c1-4-19(5-2)10-6-7-12(3)18-15(20)13-8-9-17-11-14(13)16/h8-9,11-12H,4-7,10H2,1-3H3,(H,18,20). The van der Waals surface area contributed by atoms with Crippen LogP contribution >= 0.6 is 0 Å². The van der Waals surface area contributed by atoms with Gasteiger partial charge in [-0.3, -0.25) is 9.78 Å². The van der Waals surface area contributed by atoms with E-state index in [0.717, 1.165) is 38.7 Å². The third-order valence-electron chi connectivity index (χ3n) is 3.40. The Hall–Kier alpha value is -1.49. The van der Waals surface area contributed by atoms with Crippen molar-refractivity contribution >= 4 is 5.91 Å². The maximum Gasteiger partial charge on any atom is 0.254 e. The van der Waals surface area contributed by atoms with Crippen LogP contribution < -0.4 is 5.32 Å². The SMILES string of the molecule is CCN(CC)CCCC(C)NC(=O)c1ccncc1F. The molecule has 0 aliphatic heterocycles. The first kappa shape index (κ1) is 16.6. The Morgan fingerprint density at radius 1 is 1.45 bits per heavy atom. The van der Waals surface area contributed by atoms with E-state index in [4.69, 9.17) is 0 Å². The first-order chi connectivity index (χ1) is 9.58. The van der Waals surface area contributed by atoms with Crippen molar-refractivity contribution in [3.05, 3.63) is 29.8 Å². The fourth-order valence-corrected chi connectivity index (χ4v) is 2.09. The van der Waals surface area contributed by atoms with Crippen LogP contribution in [-0.4, -0.2) is 41.5 Å². The number of halogens is 1. The molecule has 5 heteroatoms. The summed E-state index contributed by atoms with van der Waals surface area (Å²) in [6.45, 7) is 9.33. The lowest BCUT2D eigenvalue weighted by atomic mass is 10.1. The zero-order valence-electron chi connectivity index (χ0n) is 12.5. The molecule has 0 spiro atoms. The summed E-state index contributed by atoms with van der Waals surface area (Å²) in [5, 5.41) is 2.82. The zero-order chi connectivity index (χ0) is 15.0. The van der Waals surface area contributed by atoms with E-state index in [-0.39, 0.29) is 17.5 Å². The zero-order valence-corrected chi connectivity index (χ0v) is 12.5. The monoisotopic (exact) mass is 281 g/mol. The second-order valence-electron chi connectivity index (χ2n) is 4.90. The highest BCUT2D eigenvalue weighted by Crippen LogP contribution is 2.06. The first-order valence-corrected chi connectivity index (χ1v) is 7.21. The van der Waals surface area contributed by atoms with Gasteiger partial charge < -0.3 is 10.2 Å². The van der Waals surface area contributed by atoms with Gasteiger partial charge >= 0.3 is 0 Å². The molecule has 0 bridgehead atoms. The van der Waals surface area contributed by atoms with Crippen molar-refractivity contribution in [2.24, 2.45) is 0 Å². The molecule has 1 atom stereocenters. The summed E-state index contributed by atoms with van der Waals surface area (Å²) in [6, 6.07) is 1.43. The van der Waals surface area contributed by atoms with Gasteiger partial charge in [-0.2, -0.15) is 0 Å². The highest BCUT2D eigenvalue weighted by atomic mass is 19.1. The van der Waals surface area contributed by atoms with Crippen LogP contribution in [0.25, 0.3) is 0 Å². The molecule has 1 aromatic heterocycles. The molecular weight excluding hydrogens is 257 g/mol. The van der Waals surface area contributed by atoms with Crippen molar-refractivity contribution < 1.29 is 9.18 Å². The number of pyridine rings is 1. The Bertz CT molecular complexity index is 421.